The highest BCUT2D eigenvalue weighted by Gasteiger charge is 2.52. The van der Waals surface area contributed by atoms with Crippen molar-refractivity contribution >= 4 is 31.4 Å². The Morgan fingerprint density at radius 2 is 1.00 bits per heavy atom. The van der Waals surface area contributed by atoms with E-state index in [1.807, 2.05) is 31.4 Å². The second kappa shape index (κ2) is 3.03. The second-order valence-corrected chi connectivity index (χ2v) is 10.0. The van der Waals surface area contributed by atoms with Gasteiger partial charge >= 0.3 is 0 Å². The molecule has 0 spiro atoms. The molecule has 3 heteroatoms. The van der Waals surface area contributed by atoms with Gasteiger partial charge in [-0.15, -0.1) is 0 Å². The van der Waals surface area contributed by atoms with E-state index in [4.69, 9.17) is 0 Å². The molecule has 0 bridgehead atoms. The third kappa shape index (κ3) is 1.53. The molecule has 72 valence electrons. The SMILES string of the molecule is CC1(C)SSSC(C)(C)C1(C)C. The molecule has 0 aromatic carbocycles. The van der Waals surface area contributed by atoms with Crippen LogP contribution in [0, 0.1) is 5.41 Å². The minimum absolute atomic E-state index is 0.367. The molecule has 0 N–H and O–H groups in total. The van der Waals surface area contributed by atoms with E-state index >= 15 is 0 Å². The van der Waals surface area contributed by atoms with Crippen LogP contribution in [0.4, 0.5) is 0 Å². The van der Waals surface area contributed by atoms with E-state index in [-0.39, 0.29) is 0 Å². The van der Waals surface area contributed by atoms with E-state index in [1.165, 1.54) is 0 Å². The highest BCUT2D eigenvalue weighted by molar-refractivity contribution is 9.10. The molecule has 1 heterocycles. The van der Waals surface area contributed by atoms with Crippen molar-refractivity contribution in [2.24, 2.45) is 5.41 Å². The van der Waals surface area contributed by atoms with Gasteiger partial charge in [0.15, 0.2) is 0 Å². The third-order valence-electron chi connectivity index (χ3n) is 3.50. The Labute approximate surface area is 87.8 Å². The molecule has 0 nitrogen and oxygen atoms in total. The minimum atomic E-state index is 0.367. The Morgan fingerprint density at radius 3 is 1.25 bits per heavy atom. The van der Waals surface area contributed by atoms with Crippen LogP contribution in [-0.4, -0.2) is 9.49 Å². The zero-order valence-corrected chi connectivity index (χ0v) is 11.2. The van der Waals surface area contributed by atoms with Crippen molar-refractivity contribution in [1.82, 2.24) is 0 Å². The normalized spacial score (nSPS) is 31.5. The fraction of sp³-hybridized carbons (Fsp3) is 1.00. The zero-order chi connectivity index (χ0) is 9.62. The van der Waals surface area contributed by atoms with Gasteiger partial charge in [-0.05, 0) is 42.9 Å². The molecule has 0 aromatic rings. The summed E-state index contributed by atoms with van der Waals surface area (Å²) in [5.74, 6) is 0. The first-order valence-electron chi connectivity index (χ1n) is 4.24. The maximum atomic E-state index is 2.38. The van der Waals surface area contributed by atoms with Gasteiger partial charge in [-0.3, -0.25) is 0 Å². The molecule has 1 rings (SSSR count). The molecule has 0 saturated carbocycles. The lowest BCUT2D eigenvalue weighted by Crippen LogP contribution is -2.50. The van der Waals surface area contributed by atoms with Crippen LogP contribution in [0.2, 0.25) is 0 Å². The van der Waals surface area contributed by atoms with Crippen molar-refractivity contribution in [2.45, 2.75) is 51.0 Å². The van der Waals surface area contributed by atoms with Crippen LogP contribution in [0.3, 0.4) is 0 Å². The summed E-state index contributed by atoms with van der Waals surface area (Å²) in [7, 11) is 5.96. The Morgan fingerprint density at radius 1 is 0.667 bits per heavy atom. The van der Waals surface area contributed by atoms with E-state index < -0.39 is 0 Å². The van der Waals surface area contributed by atoms with E-state index in [2.05, 4.69) is 41.5 Å². The van der Waals surface area contributed by atoms with Gasteiger partial charge in [0.25, 0.3) is 0 Å². The predicted octanol–water partition coefficient (Wildman–Crippen LogP) is 4.61. The van der Waals surface area contributed by atoms with Gasteiger partial charge in [-0.2, -0.15) is 0 Å². The van der Waals surface area contributed by atoms with Crippen molar-refractivity contribution in [3.63, 3.8) is 0 Å². The molecule has 1 saturated heterocycles. The molecule has 0 aromatic heterocycles. The quantitative estimate of drug-likeness (QED) is 0.549. The van der Waals surface area contributed by atoms with Gasteiger partial charge in [-0.25, -0.2) is 0 Å². The summed E-state index contributed by atoms with van der Waals surface area (Å²) < 4.78 is 0.735. The van der Waals surface area contributed by atoms with Crippen molar-refractivity contribution < 1.29 is 0 Å². The van der Waals surface area contributed by atoms with Crippen LogP contribution in [0.15, 0.2) is 0 Å². The summed E-state index contributed by atoms with van der Waals surface area (Å²) >= 11 is 0. The van der Waals surface area contributed by atoms with Gasteiger partial charge in [-0.1, -0.05) is 35.4 Å². The lowest BCUT2D eigenvalue weighted by Gasteiger charge is -2.53. The second-order valence-electron chi connectivity index (χ2n) is 4.88. The number of hydrogen-bond acceptors (Lipinski definition) is 3. The maximum Gasteiger partial charge on any atom is 0.0279 e. The average Bonchev–Trinajstić information content (AvgIpc) is 1.83. The first kappa shape index (κ1) is 11.1. The van der Waals surface area contributed by atoms with E-state index in [0.717, 1.165) is 0 Å². The standard InChI is InChI=1S/C9H18S3/c1-7(2)8(3,4)10-12-11-9(7,5)6/h1-6H3. The maximum absolute atomic E-state index is 2.38. The zero-order valence-electron chi connectivity index (χ0n) is 8.72. The Hall–Kier alpha value is 1.05. The summed E-state index contributed by atoms with van der Waals surface area (Å²) in [6.45, 7) is 14.2. The van der Waals surface area contributed by atoms with Gasteiger partial charge in [0.2, 0.25) is 0 Å². The number of rotatable bonds is 0. The summed E-state index contributed by atoms with van der Waals surface area (Å²) in [5.41, 5.74) is 0.376. The van der Waals surface area contributed by atoms with E-state index in [0.29, 0.717) is 14.9 Å². The Bertz CT molecular complexity index is 164. The van der Waals surface area contributed by atoms with Gasteiger partial charge in [0, 0.05) is 9.49 Å². The van der Waals surface area contributed by atoms with Gasteiger partial charge < -0.3 is 0 Å². The van der Waals surface area contributed by atoms with Crippen LogP contribution in [-0.2, 0) is 0 Å². The Balaban J connectivity index is 2.99. The minimum Gasteiger partial charge on any atom is -0.0757 e. The van der Waals surface area contributed by atoms with E-state index in [1.54, 1.807) is 0 Å². The smallest absolute Gasteiger partial charge is 0.0279 e. The molecule has 0 radical (unpaired) electrons. The van der Waals surface area contributed by atoms with Crippen LogP contribution in [0.5, 0.6) is 0 Å². The lowest BCUT2D eigenvalue weighted by molar-refractivity contribution is 0.221. The molecular formula is C9H18S3. The highest BCUT2D eigenvalue weighted by Crippen LogP contribution is 2.66. The average molecular weight is 222 g/mol. The largest absolute Gasteiger partial charge is 0.0757 e. The summed E-state index contributed by atoms with van der Waals surface area (Å²) in [5, 5.41) is 0. The molecule has 1 aliphatic rings. The van der Waals surface area contributed by atoms with Crippen LogP contribution < -0.4 is 0 Å². The number of hydrogen-bond donors (Lipinski definition) is 0. The molecule has 12 heavy (non-hydrogen) atoms. The fourth-order valence-electron chi connectivity index (χ4n) is 1.12. The van der Waals surface area contributed by atoms with Crippen LogP contribution in [0.25, 0.3) is 0 Å². The first-order valence-corrected chi connectivity index (χ1v) is 7.72. The molecule has 1 fully saturated rings. The molecule has 0 aliphatic carbocycles. The predicted molar refractivity (Wildman–Crippen MR) is 64.7 cm³/mol. The summed E-state index contributed by atoms with van der Waals surface area (Å²) in [4.78, 5) is 0. The highest BCUT2D eigenvalue weighted by atomic mass is 33.5. The molecule has 0 amide bonds. The molecule has 0 unspecified atom stereocenters. The monoisotopic (exact) mass is 222 g/mol. The lowest BCUT2D eigenvalue weighted by atomic mass is 9.71. The molecular weight excluding hydrogens is 204 g/mol. The Kier molecular flexibility index (Phi) is 2.81. The third-order valence-corrected chi connectivity index (χ3v) is 9.62. The van der Waals surface area contributed by atoms with Crippen molar-refractivity contribution in [2.75, 3.05) is 0 Å². The first-order chi connectivity index (χ1) is 5.21. The topological polar surface area (TPSA) is 0 Å². The van der Waals surface area contributed by atoms with Gasteiger partial charge in [0.05, 0.1) is 0 Å². The summed E-state index contributed by atoms with van der Waals surface area (Å²) in [6.07, 6.45) is 0. The van der Waals surface area contributed by atoms with Crippen LogP contribution >= 0.6 is 31.4 Å². The molecule has 0 atom stereocenters. The van der Waals surface area contributed by atoms with Crippen LogP contribution in [0.1, 0.15) is 41.5 Å². The summed E-state index contributed by atoms with van der Waals surface area (Å²) in [6, 6.07) is 0. The molecule has 1 aliphatic heterocycles. The van der Waals surface area contributed by atoms with Crippen molar-refractivity contribution in [1.29, 1.82) is 0 Å². The fourth-order valence-corrected chi connectivity index (χ4v) is 8.23. The van der Waals surface area contributed by atoms with E-state index in [9.17, 15) is 0 Å². The van der Waals surface area contributed by atoms with Gasteiger partial charge in [0.1, 0.15) is 0 Å². The van der Waals surface area contributed by atoms with Crippen molar-refractivity contribution in [3.8, 4) is 0 Å². The van der Waals surface area contributed by atoms with Crippen molar-refractivity contribution in [3.05, 3.63) is 0 Å².